The van der Waals surface area contributed by atoms with Crippen molar-refractivity contribution in [2.45, 2.75) is 5.75 Å². The van der Waals surface area contributed by atoms with Crippen LogP contribution in [0.4, 0.5) is 0 Å². The molecule has 0 amide bonds. The second kappa shape index (κ2) is 7.54. The molecule has 0 radical (unpaired) electrons. The van der Waals surface area contributed by atoms with Crippen molar-refractivity contribution in [2.24, 2.45) is 0 Å². The topological polar surface area (TPSA) is 40.7 Å². The number of imidazole rings is 1. The Morgan fingerprint density at radius 1 is 1.67 bits per heavy atom. The van der Waals surface area contributed by atoms with Gasteiger partial charge in [0, 0.05) is 24.3 Å². The number of aromatic nitrogens is 2. The van der Waals surface area contributed by atoms with Crippen LogP contribution in [0.2, 0.25) is 0 Å². The number of thioether (sulfide) groups is 2. The number of halogens is 1. The van der Waals surface area contributed by atoms with Gasteiger partial charge in [0.05, 0.1) is 12.0 Å². The molecule has 0 aromatic carbocycles. The molecule has 3 nitrogen and oxygen atoms in total. The Labute approximate surface area is 112 Å². The Morgan fingerprint density at radius 2 is 2.47 bits per heavy atom. The first-order chi connectivity index (χ1) is 7.24. The van der Waals surface area contributed by atoms with Crippen molar-refractivity contribution in [1.29, 1.82) is 0 Å². The molecule has 0 aliphatic rings. The Morgan fingerprint density at radius 3 is 3.07 bits per heavy atom. The van der Waals surface area contributed by atoms with E-state index in [-0.39, 0.29) is 0 Å². The average Bonchev–Trinajstić information content (AvgIpc) is 2.63. The van der Waals surface area contributed by atoms with Gasteiger partial charge in [-0.3, -0.25) is 0 Å². The number of thiocarbonyl (C=S) groups is 1. The highest BCUT2D eigenvalue weighted by Gasteiger charge is 2.02. The monoisotopic (exact) mass is 325 g/mol. The lowest BCUT2D eigenvalue weighted by molar-refractivity contribution is 1.22. The van der Waals surface area contributed by atoms with Crippen molar-refractivity contribution in [3.05, 3.63) is 16.6 Å². The van der Waals surface area contributed by atoms with E-state index in [2.05, 4.69) is 31.2 Å². The van der Waals surface area contributed by atoms with Crippen molar-refractivity contribution in [2.75, 3.05) is 18.6 Å². The van der Waals surface area contributed by atoms with Gasteiger partial charge in [0.25, 0.3) is 0 Å². The Kier molecular flexibility index (Phi) is 6.71. The van der Waals surface area contributed by atoms with Gasteiger partial charge in [0.2, 0.25) is 0 Å². The van der Waals surface area contributed by atoms with Crippen molar-refractivity contribution < 1.29 is 0 Å². The molecule has 0 bridgehead atoms. The minimum atomic E-state index is 0.858. The molecule has 2 N–H and O–H groups in total. The third-order valence-corrected chi connectivity index (χ3v) is 4.92. The molecule has 84 valence electrons. The minimum Gasteiger partial charge on any atom is -0.374 e. The largest absolute Gasteiger partial charge is 0.374 e. The maximum atomic E-state index is 5.02. The fraction of sp³-hybridized carbons (Fsp3) is 0.500. The maximum Gasteiger partial charge on any atom is 0.133 e. The van der Waals surface area contributed by atoms with Gasteiger partial charge in [-0.1, -0.05) is 24.0 Å². The molecule has 0 saturated carbocycles. The molecule has 0 unspecified atom stereocenters. The highest BCUT2D eigenvalue weighted by atomic mass is 79.9. The number of aromatic amines is 1. The number of hydrogen-bond acceptors (Lipinski definition) is 4. The van der Waals surface area contributed by atoms with Crippen LogP contribution in [-0.2, 0) is 5.75 Å². The standard InChI is InChI=1S/C8H12BrN3S3/c1-10-8(13)15-3-2-14-4-6-7(9)12-5-11-6/h5H,2-4H2,1H3,(H,10,13)(H,11,12). The van der Waals surface area contributed by atoms with Crippen LogP contribution in [0.3, 0.4) is 0 Å². The summed E-state index contributed by atoms with van der Waals surface area (Å²) in [4.78, 5) is 7.19. The predicted octanol–water partition coefficient (Wildman–Crippen LogP) is 2.64. The quantitative estimate of drug-likeness (QED) is 0.643. The lowest BCUT2D eigenvalue weighted by atomic mass is 10.6. The van der Waals surface area contributed by atoms with E-state index in [0.717, 1.165) is 31.9 Å². The van der Waals surface area contributed by atoms with E-state index in [4.69, 9.17) is 12.2 Å². The third-order valence-electron chi connectivity index (χ3n) is 1.57. The van der Waals surface area contributed by atoms with E-state index >= 15 is 0 Å². The van der Waals surface area contributed by atoms with Crippen LogP contribution in [0, 0.1) is 0 Å². The van der Waals surface area contributed by atoms with Crippen LogP contribution in [0.15, 0.2) is 10.9 Å². The van der Waals surface area contributed by atoms with Crippen molar-refractivity contribution in [3.8, 4) is 0 Å². The van der Waals surface area contributed by atoms with E-state index in [1.165, 1.54) is 0 Å². The van der Waals surface area contributed by atoms with E-state index < -0.39 is 0 Å². The molecule has 1 heterocycles. The van der Waals surface area contributed by atoms with Gasteiger partial charge in [0.15, 0.2) is 0 Å². The van der Waals surface area contributed by atoms with Crippen molar-refractivity contribution >= 4 is 56.0 Å². The molecule has 15 heavy (non-hydrogen) atoms. The molecule has 0 aliphatic heterocycles. The zero-order valence-electron chi connectivity index (χ0n) is 8.25. The van der Waals surface area contributed by atoms with Gasteiger partial charge in [-0.2, -0.15) is 11.8 Å². The molecule has 7 heteroatoms. The number of hydrogen-bond donors (Lipinski definition) is 2. The summed E-state index contributed by atoms with van der Waals surface area (Å²) >= 11 is 12.0. The predicted molar refractivity (Wildman–Crippen MR) is 76.6 cm³/mol. The van der Waals surface area contributed by atoms with Crippen LogP contribution in [0.1, 0.15) is 5.69 Å². The van der Waals surface area contributed by atoms with Gasteiger partial charge in [-0.25, -0.2) is 4.98 Å². The van der Waals surface area contributed by atoms with E-state index in [1.807, 2.05) is 18.8 Å². The fourth-order valence-electron chi connectivity index (χ4n) is 0.842. The van der Waals surface area contributed by atoms with Crippen molar-refractivity contribution in [3.63, 3.8) is 0 Å². The van der Waals surface area contributed by atoms with Crippen LogP contribution >= 0.6 is 51.7 Å². The molecule has 0 aliphatic carbocycles. The summed E-state index contributed by atoms with van der Waals surface area (Å²) in [5, 5.41) is 2.94. The second-order valence-corrected chi connectivity index (χ2v) is 6.27. The molecule has 1 rings (SSSR count). The summed E-state index contributed by atoms with van der Waals surface area (Å²) in [6.45, 7) is 0. The van der Waals surface area contributed by atoms with E-state index in [9.17, 15) is 0 Å². The summed E-state index contributed by atoms with van der Waals surface area (Å²) in [5.41, 5.74) is 1.07. The lowest BCUT2D eigenvalue weighted by Gasteiger charge is -2.01. The lowest BCUT2D eigenvalue weighted by Crippen LogP contribution is -2.11. The van der Waals surface area contributed by atoms with Crippen LogP contribution in [0.25, 0.3) is 0 Å². The number of nitrogens with zero attached hydrogens (tertiary/aromatic N) is 1. The molecule has 0 saturated heterocycles. The molecular weight excluding hydrogens is 314 g/mol. The SMILES string of the molecule is CNC(=S)SCCSCc1nc[nH]c1Br. The molecule has 1 aromatic rings. The highest BCUT2D eigenvalue weighted by Crippen LogP contribution is 2.18. The molecule has 0 spiro atoms. The van der Waals surface area contributed by atoms with E-state index in [0.29, 0.717) is 0 Å². The normalized spacial score (nSPS) is 10.3. The van der Waals surface area contributed by atoms with E-state index in [1.54, 1.807) is 18.1 Å². The average molecular weight is 326 g/mol. The zero-order valence-corrected chi connectivity index (χ0v) is 12.3. The first kappa shape index (κ1) is 13.3. The Balaban J connectivity index is 2.07. The maximum absolute atomic E-state index is 5.02. The molecule has 0 fully saturated rings. The Bertz CT molecular complexity index is 316. The summed E-state index contributed by atoms with van der Waals surface area (Å²) in [5.74, 6) is 3.04. The zero-order chi connectivity index (χ0) is 11.1. The molecular formula is C8H12BrN3S3. The third kappa shape index (κ3) is 5.24. The summed E-state index contributed by atoms with van der Waals surface area (Å²) in [7, 11) is 1.85. The first-order valence-corrected chi connectivity index (χ1v) is 7.68. The number of H-pyrrole nitrogens is 1. The Hall–Kier alpha value is 0.280. The number of nitrogens with one attached hydrogen (secondary N) is 2. The highest BCUT2D eigenvalue weighted by molar-refractivity contribution is 9.10. The van der Waals surface area contributed by atoms with Crippen LogP contribution in [-0.4, -0.2) is 32.8 Å². The van der Waals surface area contributed by atoms with Gasteiger partial charge >= 0.3 is 0 Å². The first-order valence-electron chi connectivity index (χ1n) is 4.34. The minimum absolute atomic E-state index is 0.858. The van der Waals surface area contributed by atoms with Gasteiger partial charge in [-0.15, -0.1) is 0 Å². The molecule has 0 atom stereocenters. The summed E-state index contributed by atoms with van der Waals surface area (Å²) in [6, 6.07) is 0. The van der Waals surface area contributed by atoms with Gasteiger partial charge in [0.1, 0.15) is 8.92 Å². The molecule has 1 aromatic heterocycles. The van der Waals surface area contributed by atoms with Crippen LogP contribution < -0.4 is 5.32 Å². The van der Waals surface area contributed by atoms with Crippen LogP contribution in [0.5, 0.6) is 0 Å². The van der Waals surface area contributed by atoms with Gasteiger partial charge in [-0.05, 0) is 15.9 Å². The summed E-state index contributed by atoms with van der Waals surface area (Å²) < 4.78 is 1.84. The summed E-state index contributed by atoms with van der Waals surface area (Å²) in [6.07, 6.45) is 1.70. The smallest absolute Gasteiger partial charge is 0.133 e. The number of rotatable bonds is 5. The van der Waals surface area contributed by atoms with Gasteiger partial charge < -0.3 is 10.3 Å². The fourth-order valence-corrected chi connectivity index (χ4v) is 3.31. The second-order valence-electron chi connectivity index (χ2n) is 2.60. The van der Waals surface area contributed by atoms with Crippen molar-refractivity contribution in [1.82, 2.24) is 15.3 Å².